The monoisotopic (exact) mass is 1290 g/mol. The fourth-order valence-electron chi connectivity index (χ4n) is 15.8. The molecule has 0 amide bonds. The number of nitrogens with zero attached hydrogens (tertiary/aromatic N) is 6. The standard InChI is InChI=1S/C87H50F6N6/c88-86(89,90)55-39-47-79-68(49-55)66-23-7-15-31-77(66)98(79)84-81(52-33-41-57(42-34-52)95-71-25-9-1-17-60(71)61-18-2-10-26-72(61)95)70(51-94)82(53-35-43-58(44-36-53)96-73-27-11-3-19-62(73)63-20-4-12-28-74(63)96)85(99-78-32-16-8-24-67(78)69-50-56(87(91,92)93)40-48-80(69)99)83(84)54-37-45-59(46-38-54)97-75-29-13-5-21-64(75)65-22-6-14-30-76(65)97/h1-50H. The predicted molar refractivity (Wildman–Crippen MR) is 389 cm³/mol. The van der Waals surface area contributed by atoms with Crippen molar-refractivity contribution in [2.75, 3.05) is 0 Å². The van der Waals surface area contributed by atoms with E-state index in [0.717, 1.165) is 94.6 Å². The molecule has 19 aromatic rings. The van der Waals surface area contributed by atoms with E-state index in [-0.39, 0.29) is 5.56 Å². The van der Waals surface area contributed by atoms with Crippen molar-refractivity contribution in [3.8, 4) is 67.9 Å². The quantitative estimate of drug-likeness (QED) is 0.140. The van der Waals surface area contributed by atoms with E-state index >= 15 is 26.3 Å². The molecule has 0 spiro atoms. The van der Waals surface area contributed by atoms with Gasteiger partial charge in [0.05, 0.1) is 83.2 Å². The molecule has 0 aliphatic heterocycles. The molecule has 0 fully saturated rings. The van der Waals surface area contributed by atoms with Crippen LogP contribution < -0.4 is 0 Å². The minimum Gasteiger partial charge on any atom is -0.309 e. The molecule has 0 aliphatic rings. The SMILES string of the molecule is N#Cc1c(-c2ccc(-n3c4ccccc4c4ccccc43)cc2)c(-n2c3ccccc3c3cc(C(F)(F)F)ccc32)c(-c2ccc(-n3c4ccccc4c4ccccc43)cc2)c(-n2c3ccccc3c3cc(C(F)(F)F)ccc32)c1-c1ccc(-n2c3ccccc3c3ccccc32)cc1. The zero-order chi connectivity index (χ0) is 66.6. The van der Waals surface area contributed by atoms with Gasteiger partial charge in [0.2, 0.25) is 0 Å². The minimum absolute atomic E-state index is 0.204. The van der Waals surface area contributed by atoms with Crippen LogP contribution in [0.3, 0.4) is 0 Å². The van der Waals surface area contributed by atoms with Crippen molar-refractivity contribution in [1.82, 2.24) is 22.8 Å². The molecule has 0 saturated carbocycles. The Morgan fingerprint density at radius 2 is 0.455 bits per heavy atom. The van der Waals surface area contributed by atoms with Crippen molar-refractivity contribution in [1.29, 1.82) is 5.26 Å². The Kier molecular flexibility index (Phi) is 12.6. The molecule has 5 heterocycles. The summed E-state index contributed by atoms with van der Waals surface area (Å²) in [5.41, 5.74) is 13.1. The third-order valence-corrected chi connectivity index (χ3v) is 20.0. The first kappa shape index (κ1) is 57.6. The highest BCUT2D eigenvalue weighted by Crippen LogP contribution is 2.54. The highest BCUT2D eigenvalue weighted by molar-refractivity contribution is 6.17. The zero-order valence-electron chi connectivity index (χ0n) is 52.3. The molecular weight excluding hydrogens is 1240 g/mol. The first-order chi connectivity index (χ1) is 48.4. The van der Waals surface area contributed by atoms with Gasteiger partial charge in [0.15, 0.2) is 0 Å². The number of para-hydroxylation sites is 8. The second kappa shape index (κ2) is 21.6. The summed E-state index contributed by atoms with van der Waals surface area (Å²) >= 11 is 0. The predicted octanol–water partition coefficient (Wildman–Crippen LogP) is 24.1. The third kappa shape index (κ3) is 8.63. The van der Waals surface area contributed by atoms with Gasteiger partial charge >= 0.3 is 12.4 Å². The molecule has 12 heteroatoms. The maximum absolute atomic E-state index is 15.2. The Morgan fingerprint density at radius 1 is 0.232 bits per heavy atom. The fraction of sp³-hybridized carbons (Fsp3) is 0.0230. The topological polar surface area (TPSA) is 48.4 Å². The minimum atomic E-state index is -4.70. The van der Waals surface area contributed by atoms with E-state index in [1.807, 2.05) is 179 Å². The van der Waals surface area contributed by atoms with Crippen molar-refractivity contribution in [3.63, 3.8) is 0 Å². The smallest absolute Gasteiger partial charge is 0.309 e. The molecule has 0 N–H and O–H groups in total. The molecule has 470 valence electrons. The Bertz CT molecular complexity index is 6150. The number of hydrogen-bond donors (Lipinski definition) is 0. The summed E-state index contributed by atoms with van der Waals surface area (Å²) in [5, 5.41) is 20.9. The lowest BCUT2D eigenvalue weighted by molar-refractivity contribution is -0.138. The van der Waals surface area contributed by atoms with E-state index in [1.54, 1.807) is 12.1 Å². The fourth-order valence-corrected chi connectivity index (χ4v) is 15.8. The van der Waals surface area contributed by atoms with Crippen LogP contribution in [0.4, 0.5) is 26.3 Å². The van der Waals surface area contributed by atoms with Gasteiger partial charge in [-0.25, -0.2) is 0 Å². The molecule has 0 atom stereocenters. The average molecular weight is 1290 g/mol. The third-order valence-electron chi connectivity index (χ3n) is 20.0. The number of nitriles is 1. The summed E-state index contributed by atoms with van der Waals surface area (Å²) < 4.78 is 102. The van der Waals surface area contributed by atoms with Gasteiger partial charge in [0.25, 0.3) is 0 Å². The molecule has 6 nitrogen and oxygen atoms in total. The lowest BCUT2D eigenvalue weighted by Gasteiger charge is -2.28. The number of rotatable bonds is 8. The molecule has 99 heavy (non-hydrogen) atoms. The maximum Gasteiger partial charge on any atom is 0.416 e. The summed E-state index contributed by atoms with van der Waals surface area (Å²) in [4.78, 5) is 0. The lowest BCUT2D eigenvalue weighted by Crippen LogP contribution is -2.11. The van der Waals surface area contributed by atoms with E-state index < -0.39 is 23.5 Å². The number of halogens is 6. The van der Waals surface area contributed by atoms with E-state index in [9.17, 15) is 5.26 Å². The largest absolute Gasteiger partial charge is 0.416 e. The number of fused-ring (bicyclic) bond motifs is 15. The van der Waals surface area contributed by atoms with Crippen LogP contribution in [0.2, 0.25) is 0 Å². The molecule has 0 saturated heterocycles. The van der Waals surface area contributed by atoms with Gasteiger partial charge in [-0.1, -0.05) is 182 Å². The van der Waals surface area contributed by atoms with Crippen molar-refractivity contribution in [2.24, 2.45) is 0 Å². The molecule has 14 aromatic carbocycles. The van der Waals surface area contributed by atoms with Crippen LogP contribution in [-0.2, 0) is 12.4 Å². The summed E-state index contributed by atoms with van der Waals surface area (Å²) in [7, 11) is 0. The second-order valence-corrected chi connectivity index (χ2v) is 25.2. The Morgan fingerprint density at radius 3 is 0.707 bits per heavy atom. The number of aromatic nitrogens is 5. The molecule has 0 radical (unpaired) electrons. The van der Waals surface area contributed by atoms with Gasteiger partial charge in [-0.15, -0.1) is 0 Å². The van der Waals surface area contributed by atoms with Crippen LogP contribution in [0.5, 0.6) is 0 Å². The van der Waals surface area contributed by atoms with Crippen molar-refractivity contribution in [3.05, 3.63) is 320 Å². The van der Waals surface area contributed by atoms with Crippen molar-refractivity contribution in [2.45, 2.75) is 12.4 Å². The van der Waals surface area contributed by atoms with Crippen molar-refractivity contribution >= 4 is 109 Å². The van der Waals surface area contributed by atoms with Gasteiger partial charge in [-0.05, 0) is 138 Å². The second-order valence-electron chi connectivity index (χ2n) is 25.2. The Balaban J connectivity index is 1.00. The van der Waals surface area contributed by atoms with Gasteiger partial charge in [0, 0.05) is 87.6 Å². The van der Waals surface area contributed by atoms with E-state index in [1.165, 1.54) is 24.3 Å². The highest BCUT2D eigenvalue weighted by atomic mass is 19.4. The maximum atomic E-state index is 15.2. The van der Waals surface area contributed by atoms with Crippen LogP contribution in [0.1, 0.15) is 16.7 Å². The highest BCUT2D eigenvalue weighted by Gasteiger charge is 2.36. The van der Waals surface area contributed by atoms with Gasteiger partial charge in [0.1, 0.15) is 6.07 Å². The molecule has 0 aliphatic carbocycles. The summed E-state index contributed by atoms with van der Waals surface area (Å²) in [6.45, 7) is 0. The van der Waals surface area contributed by atoms with Crippen molar-refractivity contribution < 1.29 is 26.3 Å². The number of benzene rings is 14. The Labute approximate surface area is 560 Å². The molecular formula is C87H50F6N6. The van der Waals surface area contributed by atoms with Crippen LogP contribution in [0, 0.1) is 11.3 Å². The first-order valence-corrected chi connectivity index (χ1v) is 32.5. The first-order valence-electron chi connectivity index (χ1n) is 32.5. The number of hydrogen-bond acceptors (Lipinski definition) is 1. The van der Waals surface area contributed by atoms with E-state index in [2.05, 4.69) is 105 Å². The lowest BCUT2D eigenvalue weighted by atomic mass is 9.83. The van der Waals surface area contributed by atoms with E-state index in [4.69, 9.17) is 0 Å². The van der Waals surface area contributed by atoms with Crippen LogP contribution >= 0.6 is 0 Å². The van der Waals surface area contributed by atoms with Gasteiger partial charge in [-0.2, -0.15) is 31.6 Å². The van der Waals surface area contributed by atoms with Gasteiger partial charge < -0.3 is 22.8 Å². The van der Waals surface area contributed by atoms with Crippen LogP contribution in [0.15, 0.2) is 303 Å². The van der Waals surface area contributed by atoms with Crippen LogP contribution in [0.25, 0.3) is 171 Å². The van der Waals surface area contributed by atoms with E-state index in [0.29, 0.717) is 88.4 Å². The average Bonchev–Trinajstić information content (AvgIpc) is 1.65. The van der Waals surface area contributed by atoms with Crippen LogP contribution in [-0.4, -0.2) is 22.8 Å². The summed E-state index contributed by atoms with van der Waals surface area (Å²) in [5.74, 6) is 0. The normalized spacial score (nSPS) is 12.3. The molecule has 0 bridgehead atoms. The summed E-state index contributed by atoms with van der Waals surface area (Å²) in [6, 6.07) is 99.0. The molecule has 5 aromatic heterocycles. The summed E-state index contributed by atoms with van der Waals surface area (Å²) in [6.07, 6.45) is -9.40. The Hall–Kier alpha value is -12.9. The zero-order valence-corrected chi connectivity index (χ0v) is 52.3. The molecule has 0 unspecified atom stereocenters. The number of alkyl halides is 6. The van der Waals surface area contributed by atoms with Gasteiger partial charge in [-0.3, -0.25) is 0 Å². The molecule has 19 rings (SSSR count).